The quantitative estimate of drug-likeness (QED) is 0.288. The summed E-state index contributed by atoms with van der Waals surface area (Å²) in [5.41, 5.74) is 0. The lowest BCUT2D eigenvalue weighted by molar-refractivity contribution is -0.146. The zero-order valence-electron chi connectivity index (χ0n) is 15.4. The van der Waals surface area contributed by atoms with E-state index in [0.29, 0.717) is 0 Å². The van der Waals surface area contributed by atoms with Crippen LogP contribution in [0.25, 0.3) is 0 Å². The number of carboxylic acids is 1. The third kappa shape index (κ3) is 6.24. The molecule has 0 aliphatic carbocycles. The number of carboxylic acid groups (broad SMARTS) is 1. The van der Waals surface area contributed by atoms with Gasteiger partial charge in [-0.05, 0) is 19.4 Å². The van der Waals surface area contributed by atoms with Crippen molar-refractivity contribution in [3.63, 3.8) is 0 Å². The Morgan fingerprint density at radius 3 is 2.50 bits per heavy atom. The molecule has 6 atom stereocenters. The van der Waals surface area contributed by atoms with Gasteiger partial charge in [0, 0.05) is 13.0 Å². The van der Waals surface area contributed by atoms with Crippen molar-refractivity contribution in [2.45, 2.75) is 76.5 Å². The van der Waals surface area contributed by atoms with E-state index in [1.165, 1.54) is 13.0 Å². The topological polar surface area (TPSA) is 148 Å². The highest BCUT2D eigenvalue weighted by molar-refractivity contribution is 5.84. The SMILES string of the molecule is CCCCC(C)N[C@H]1C=C(C(=O)O)O[C@@H]([C@H](O)[C@H](O)CO)[C@@H]1NC(C)=O. The van der Waals surface area contributed by atoms with Crippen molar-refractivity contribution in [2.24, 2.45) is 0 Å². The molecule has 0 fully saturated rings. The smallest absolute Gasteiger partial charge is 0.370 e. The maximum Gasteiger partial charge on any atom is 0.370 e. The van der Waals surface area contributed by atoms with Crippen LogP contribution in [0.1, 0.15) is 40.0 Å². The number of ether oxygens (including phenoxy) is 1. The van der Waals surface area contributed by atoms with Crippen LogP contribution in [0.3, 0.4) is 0 Å². The highest BCUT2D eigenvalue weighted by Crippen LogP contribution is 2.23. The number of aliphatic carboxylic acids is 1. The van der Waals surface area contributed by atoms with E-state index in [1.54, 1.807) is 0 Å². The lowest BCUT2D eigenvalue weighted by Crippen LogP contribution is -2.63. The van der Waals surface area contributed by atoms with Crippen molar-refractivity contribution in [1.82, 2.24) is 10.6 Å². The van der Waals surface area contributed by atoms with Gasteiger partial charge in [-0.15, -0.1) is 0 Å². The van der Waals surface area contributed by atoms with E-state index in [1.807, 2.05) is 6.92 Å². The predicted molar refractivity (Wildman–Crippen MR) is 93.2 cm³/mol. The van der Waals surface area contributed by atoms with Crippen LogP contribution in [0.2, 0.25) is 0 Å². The second-order valence-corrected chi connectivity index (χ2v) is 6.62. The van der Waals surface area contributed by atoms with Crippen LogP contribution in [-0.2, 0) is 14.3 Å². The number of aliphatic hydroxyl groups excluding tert-OH is 3. The Bertz CT molecular complexity index is 511. The van der Waals surface area contributed by atoms with Crippen LogP contribution in [-0.4, -0.2) is 75.3 Å². The van der Waals surface area contributed by atoms with Gasteiger partial charge in [0.15, 0.2) is 0 Å². The highest BCUT2D eigenvalue weighted by atomic mass is 16.5. The minimum Gasteiger partial charge on any atom is -0.478 e. The van der Waals surface area contributed by atoms with Gasteiger partial charge in [-0.3, -0.25) is 4.79 Å². The van der Waals surface area contributed by atoms with E-state index in [2.05, 4.69) is 17.6 Å². The molecule has 0 bridgehead atoms. The molecule has 26 heavy (non-hydrogen) atoms. The van der Waals surface area contributed by atoms with E-state index in [4.69, 9.17) is 9.84 Å². The van der Waals surface area contributed by atoms with E-state index in [9.17, 15) is 24.9 Å². The van der Waals surface area contributed by atoms with Crippen molar-refractivity contribution < 1.29 is 34.8 Å². The monoisotopic (exact) mass is 374 g/mol. The Kier molecular flexibility index (Phi) is 9.00. The Hall–Kier alpha value is -1.68. The summed E-state index contributed by atoms with van der Waals surface area (Å²) in [6.45, 7) is 4.56. The summed E-state index contributed by atoms with van der Waals surface area (Å²) in [6, 6.07) is -1.42. The van der Waals surface area contributed by atoms with Crippen molar-refractivity contribution in [1.29, 1.82) is 0 Å². The average molecular weight is 374 g/mol. The summed E-state index contributed by atoms with van der Waals surface area (Å²) in [5, 5.41) is 44.3. The molecule has 1 unspecified atom stereocenters. The standard InChI is InChI=1S/C17H30N2O7/c1-4-5-6-9(2)18-11-7-13(17(24)25)26-16(14(11)19-10(3)21)15(23)12(22)8-20/h7,9,11-12,14-16,18,20,22-23H,4-6,8H2,1-3H3,(H,19,21)(H,24,25)/t9?,11-,12+,14+,15+,16+/m0/s1. The molecule has 0 saturated carbocycles. The van der Waals surface area contributed by atoms with Gasteiger partial charge < -0.3 is 35.8 Å². The van der Waals surface area contributed by atoms with Gasteiger partial charge in [-0.1, -0.05) is 19.8 Å². The number of carbonyl (C=O) groups excluding carboxylic acids is 1. The first-order valence-electron chi connectivity index (χ1n) is 8.83. The van der Waals surface area contributed by atoms with Gasteiger partial charge in [0.1, 0.15) is 18.3 Å². The zero-order chi connectivity index (χ0) is 19.9. The summed E-state index contributed by atoms with van der Waals surface area (Å²) in [7, 11) is 0. The highest BCUT2D eigenvalue weighted by Gasteiger charge is 2.43. The maximum absolute atomic E-state index is 11.6. The largest absolute Gasteiger partial charge is 0.478 e. The third-order valence-electron chi connectivity index (χ3n) is 4.30. The molecule has 1 heterocycles. The number of unbranched alkanes of at least 4 members (excludes halogenated alkanes) is 1. The summed E-state index contributed by atoms with van der Waals surface area (Å²) in [4.78, 5) is 23.0. The van der Waals surface area contributed by atoms with Gasteiger partial charge in [0.2, 0.25) is 11.7 Å². The van der Waals surface area contributed by atoms with Crippen LogP contribution < -0.4 is 10.6 Å². The minimum absolute atomic E-state index is 0.0289. The van der Waals surface area contributed by atoms with Crippen molar-refractivity contribution in [3.05, 3.63) is 11.8 Å². The fourth-order valence-electron chi connectivity index (χ4n) is 2.94. The number of carbonyl (C=O) groups is 2. The molecule has 1 aliphatic rings. The van der Waals surface area contributed by atoms with Crippen molar-refractivity contribution in [2.75, 3.05) is 6.61 Å². The third-order valence-corrected chi connectivity index (χ3v) is 4.30. The lowest BCUT2D eigenvalue weighted by Gasteiger charge is -2.41. The second kappa shape index (κ2) is 10.5. The molecule has 0 radical (unpaired) electrons. The van der Waals surface area contributed by atoms with Crippen LogP contribution in [0.4, 0.5) is 0 Å². The Morgan fingerprint density at radius 2 is 2.00 bits per heavy atom. The lowest BCUT2D eigenvalue weighted by atomic mass is 9.91. The number of aliphatic hydroxyl groups is 3. The van der Waals surface area contributed by atoms with Crippen LogP contribution >= 0.6 is 0 Å². The number of rotatable bonds is 10. The van der Waals surface area contributed by atoms with Crippen molar-refractivity contribution in [3.8, 4) is 0 Å². The molecule has 150 valence electrons. The van der Waals surface area contributed by atoms with E-state index in [-0.39, 0.29) is 11.8 Å². The van der Waals surface area contributed by atoms with Gasteiger partial charge in [-0.2, -0.15) is 0 Å². The maximum atomic E-state index is 11.6. The molecule has 0 aromatic rings. The second-order valence-electron chi connectivity index (χ2n) is 6.62. The molecule has 1 rings (SSSR count). The Balaban J connectivity index is 3.14. The Morgan fingerprint density at radius 1 is 1.35 bits per heavy atom. The molecular formula is C17H30N2O7. The number of hydrogen-bond donors (Lipinski definition) is 6. The predicted octanol–water partition coefficient (Wildman–Crippen LogP) is -0.891. The van der Waals surface area contributed by atoms with Crippen LogP contribution in [0.15, 0.2) is 11.8 Å². The molecule has 9 heteroatoms. The number of nitrogens with one attached hydrogen (secondary N) is 2. The number of amides is 1. The number of hydrogen-bond acceptors (Lipinski definition) is 7. The molecule has 0 saturated heterocycles. The van der Waals surface area contributed by atoms with Gasteiger partial charge in [0.05, 0.1) is 18.7 Å². The first-order chi connectivity index (χ1) is 12.2. The first-order valence-corrected chi connectivity index (χ1v) is 8.83. The normalized spacial score (nSPS) is 26.2. The molecule has 0 spiro atoms. The van der Waals surface area contributed by atoms with E-state index < -0.39 is 48.9 Å². The van der Waals surface area contributed by atoms with Crippen LogP contribution in [0.5, 0.6) is 0 Å². The fourth-order valence-corrected chi connectivity index (χ4v) is 2.94. The minimum atomic E-state index is -1.59. The summed E-state index contributed by atoms with van der Waals surface area (Å²) < 4.78 is 5.32. The van der Waals surface area contributed by atoms with E-state index in [0.717, 1.165) is 19.3 Å². The summed E-state index contributed by atoms with van der Waals surface area (Å²) >= 11 is 0. The summed E-state index contributed by atoms with van der Waals surface area (Å²) in [6.07, 6.45) is -0.184. The Labute approximate surface area is 153 Å². The molecule has 1 aliphatic heterocycles. The van der Waals surface area contributed by atoms with E-state index >= 15 is 0 Å². The van der Waals surface area contributed by atoms with Gasteiger partial charge in [0.25, 0.3) is 0 Å². The summed E-state index contributed by atoms with van der Waals surface area (Å²) in [5.74, 6) is -2.11. The molecule has 9 nitrogen and oxygen atoms in total. The molecule has 1 amide bonds. The van der Waals surface area contributed by atoms with Crippen molar-refractivity contribution >= 4 is 11.9 Å². The first kappa shape index (κ1) is 22.4. The molecular weight excluding hydrogens is 344 g/mol. The zero-order valence-corrected chi connectivity index (χ0v) is 15.4. The van der Waals surface area contributed by atoms with Gasteiger partial charge in [-0.25, -0.2) is 4.79 Å². The van der Waals surface area contributed by atoms with Crippen LogP contribution in [0, 0.1) is 0 Å². The molecule has 0 aromatic heterocycles. The molecule has 6 N–H and O–H groups in total. The average Bonchev–Trinajstić information content (AvgIpc) is 2.59. The fraction of sp³-hybridized carbons (Fsp3) is 0.765. The van der Waals surface area contributed by atoms with Gasteiger partial charge >= 0.3 is 5.97 Å². The molecule has 0 aromatic carbocycles.